The van der Waals surface area contributed by atoms with Crippen molar-refractivity contribution in [2.24, 2.45) is 0 Å². The molecule has 0 spiro atoms. The van der Waals surface area contributed by atoms with Gasteiger partial charge < -0.3 is 4.90 Å². The van der Waals surface area contributed by atoms with Gasteiger partial charge in [-0.15, -0.1) is 0 Å². The van der Waals surface area contributed by atoms with Crippen molar-refractivity contribution in [1.29, 1.82) is 0 Å². The molecule has 148 valence electrons. The van der Waals surface area contributed by atoms with E-state index in [2.05, 4.69) is 15.9 Å². The van der Waals surface area contributed by atoms with Crippen LogP contribution in [0, 0.1) is 20.2 Å². The minimum absolute atomic E-state index is 0.0120. The SMILES string of the molecule is O=[N+]([O-])c1ccc(N(c2ccc([N+](=O)[O-])cc2)c2cc(Br)c3ccccc3c2)cc1. The molecule has 0 radical (unpaired) electrons. The molecule has 7 nitrogen and oxygen atoms in total. The number of hydrogen-bond acceptors (Lipinski definition) is 5. The van der Waals surface area contributed by atoms with Crippen molar-refractivity contribution < 1.29 is 9.85 Å². The molecule has 0 unspecified atom stereocenters. The van der Waals surface area contributed by atoms with Crippen molar-refractivity contribution in [3.63, 3.8) is 0 Å². The highest BCUT2D eigenvalue weighted by Gasteiger charge is 2.17. The summed E-state index contributed by atoms with van der Waals surface area (Å²) in [6.45, 7) is 0. The molecule has 0 aliphatic rings. The molecule has 0 saturated heterocycles. The Morgan fingerprint density at radius 3 is 1.67 bits per heavy atom. The Balaban J connectivity index is 1.89. The summed E-state index contributed by atoms with van der Waals surface area (Å²) in [5, 5.41) is 24.1. The summed E-state index contributed by atoms with van der Waals surface area (Å²) >= 11 is 3.62. The Kier molecular flexibility index (Phi) is 5.16. The molecule has 4 aromatic rings. The number of nitrogens with zero attached hydrogens (tertiary/aromatic N) is 3. The lowest BCUT2D eigenvalue weighted by atomic mass is 10.1. The molecule has 0 N–H and O–H groups in total. The Hall–Kier alpha value is -3.78. The van der Waals surface area contributed by atoms with Gasteiger partial charge in [-0.05, 0) is 47.2 Å². The second kappa shape index (κ2) is 7.92. The van der Waals surface area contributed by atoms with Crippen molar-refractivity contribution >= 4 is 55.1 Å². The summed E-state index contributed by atoms with van der Waals surface area (Å²) in [5.41, 5.74) is 2.17. The van der Waals surface area contributed by atoms with Crippen molar-refractivity contribution in [1.82, 2.24) is 0 Å². The zero-order valence-corrected chi connectivity index (χ0v) is 17.0. The van der Waals surface area contributed by atoms with E-state index in [0.717, 1.165) is 20.9 Å². The van der Waals surface area contributed by atoms with Gasteiger partial charge in [0.25, 0.3) is 11.4 Å². The summed E-state index contributed by atoms with van der Waals surface area (Å²) in [4.78, 5) is 23.1. The van der Waals surface area contributed by atoms with Crippen molar-refractivity contribution in [2.45, 2.75) is 0 Å². The Bertz CT molecular complexity index is 1200. The predicted molar refractivity (Wildman–Crippen MR) is 120 cm³/mol. The fourth-order valence-electron chi connectivity index (χ4n) is 3.27. The average Bonchev–Trinajstić information content (AvgIpc) is 2.75. The fourth-order valence-corrected chi connectivity index (χ4v) is 3.87. The van der Waals surface area contributed by atoms with Crippen LogP contribution in [0.3, 0.4) is 0 Å². The molecule has 0 aromatic heterocycles. The molecule has 4 rings (SSSR count). The molecule has 0 aliphatic carbocycles. The molecular weight excluding hydrogens is 450 g/mol. The molecule has 0 heterocycles. The van der Waals surface area contributed by atoms with Crippen LogP contribution in [0.25, 0.3) is 10.8 Å². The van der Waals surface area contributed by atoms with Crippen LogP contribution in [0.4, 0.5) is 28.4 Å². The first-order chi connectivity index (χ1) is 14.4. The van der Waals surface area contributed by atoms with E-state index >= 15 is 0 Å². The first kappa shape index (κ1) is 19.5. The number of nitro benzene ring substituents is 2. The molecule has 0 aliphatic heterocycles. The molecule has 8 heteroatoms. The molecule has 0 fully saturated rings. The maximum Gasteiger partial charge on any atom is 0.269 e. The minimum Gasteiger partial charge on any atom is -0.310 e. The molecule has 30 heavy (non-hydrogen) atoms. The van der Waals surface area contributed by atoms with Crippen LogP contribution in [-0.2, 0) is 0 Å². The molecule has 0 amide bonds. The quantitative estimate of drug-likeness (QED) is 0.237. The number of fused-ring (bicyclic) bond motifs is 1. The normalized spacial score (nSPS) is 10.7. The largest absolute Gasteiger partial charge is 0.310 e. The van der Waals surface area contributed by atoms with E-state index in [4.69, 9.17) is 0 Å². The van der Waals surface area contributed by atoms with Crippen LogP contribution in [-0.4, -0.2) is 9.85 Å². The van der Waals surface area contributed by atoms with E-state index in [9.17, 15) is 20.2 Å². The van der Waals surface area contributed by atoms with E-state index in [1.807, 2.05) is 41.3 Å². The van der Waals surface area contributed by atoms with Crippen LogP contribution >= 0.6 is 15.9 Å². The topological polar surface area (TPSA) is 89.5 Å². The zero-order valence-electron chi connectivity index (χ0n) is 15.4. The lowest BCUT2D eigenvalue weighted by Gasteiger charge is -2.26. The van der Waals surface area contributed by atoms with E-state index in [1.165, 1.54) is 24.3 Å². The molecular formula is C22H14BrN3O4. The van der Waals surface area contributed by atoms with Gasteiger partial charge >= 0.3 is 0 Å². The Morgan fingerprint density at radius 1 is 0.667 bits per heavy atom. The number of halogens is 1. The summed E-state index contributed by atoms with van der Waals surface area (Å²) in [5.74, 6) is 0. The fraction of sp³-hybridized carbons (Fsp3) is 0. The molecule has 0 atom stereocenters. The summed E-state index contributed by atoms with van der Waals surface area (Å²) in [7, 11) is 0. The molecule has 4 aromatic carbocycles. The minimum atomic E-state index is -0.452. The number of anilines is 3. The lowest BCUT2D eigenvalue weighted by Crippen LogP contribution is -2.10. The molecule has 0 bridgehead atoms. The van der Waals surface area contributed by atoms with E-state index in [1.54, 1.807) is 24.3 Å². The number of non-ortho nitro benzene ring substituents is 2. The third-order valence-electron chi connectivity index (χ3n) is 4.69. The summed E-state index contributed by atoms with van der Waals surface area (Å²) in [6, 6.07) is 24.2. The van der Waals surface area contributed by atoms with Crippen molar-refractivity contribution in [3.8, 4) is 0 Å². The van der Waals surface area contributed by atoms with Crippen molar-refractivity contribution in [3.05, 3.63) is 110 Å². The Labute approximate surface area is 179 Å². The third kappa shape index (κ3) is 3.72. The number of hydrogen-bond donors (Lipinski definition) is 0. The van der Waals surface area contributed by atoms with Crippen LogP contribution in [0.1, 0.15) is 0 Å². The van der Waals surface area contributed by atoms with Gasteiger partial charge in [0.1, 0.15) is 0 Å². The third-order valence-corrected chi connectivity index (χ3v) is 5.35. The van der Waals surface area contributed by atoms with Gasteiger partial charge in [0.15, 0.2) is 0 Å². The van der Waals surface area contributed by atoms with Gasteiger partial charge in [0.05, 0.1) is 9.85 Å². The van der Waals surface area contributed by atoms with Crippen LogP contribution in [0.2, 0.25) is 0 Å². The van der Waals surface area contributed by atoms with Gasteiger partial charge in [-0.2, -0.15) is 0 Å². The second-order valence-electron chi connectivity index (χ2n) is 6.53. The van der Waals surface area contributed by atoms with E-state index in [-0.39, 0.29) is 11.4 Å². The highest BCUT2D eigenvalue weighted by molar-refractivity contribution is 9.10. The maximum atomic E-state index is 11.0. The van der Waals surface area contributed by atoms with Gasteiger partial charge in [-0.25, -0.2) is 0 Å². The highest BCUT2D eigenvalue weighted by atomic mass is 79.9. The summed E-state index contributed by atoms with van der Waals surface area (Å²) in [6.07, 6.45) is 0. The summed E-state index contributed by atoms with van der Waals surface area (Å²) < 4.78 is 0.893. The average molecular weight is 464 g/mol. The standard InChI is InChI=1S/C22H14BrN3O4/c23-22-14-20(13-15-3-1-2-4-21(15)22)24(16-5-9-18(10-6-16)25(27)28)17-7-11-19(12-8-17)26(29)30/h1-14H. The Morgan fingerprint density at radius 2 is 1.17 bits per heavy atom. The van der Waals surface area contributed by atoms with Crippen LogP contribution in [0.15, 0.2) is 89.4 Å². The van der Waals surface area contributed by atoms with Gasteiger partial charge in [-0.3, -0.25) is 20.2 Å². The van der Waals surface area contributed by atoms with E-state index < -0.39 is 9.85 Å². The number of rotatable bonds is 5. The van der Waals surface area contributed by atoms with Gasteiger partial charge in [0.2, 0.25) is 0 Å². The lowest BCUT2D eigenvalue weighted by molar-refractivity contribution is -0.385. The second-order valence-corrected chi connectivity index (χ2v) is 7.39. The monoisotopic (exact) mass is 463 g/mol. The zero-order chi connectivity index (χ0) is 21.3. The molecule has 0 saturated carbocycles. The highest BCUT2D eigenvalue weighted by Crippen LogP contribution is 2.39. The smallest absolute Gasteiger partial charge is 0.269 e. The van der Waals surface area contributed by atoms with Gasteiger partial charge in [-0.1, -0.05) is 40.2 Å². The number of benzene rings is 4. The van der Waals surface area contributed by atoms with E-state index in [0.29, 0.717) is 11.4 Å². The first-order valence-electron chi connectivity index (χ1n) is 8.91. The number of nitro groups is 2. The maximum absolute atomic E-state index is 11.0. The predicted octanol–water partition coefficient (Wildman–Crippen LogP) is 6.89. The van der Waals surface area contributed by atoms with Crippen LogP contribution < -0.4 is 4.90 Å². The van der Waals surface area contributed by atoms with Crippen molar-refractivity contribution in [2.75, 3.05) is 4.90 Å². The van der Waals surface area contributed by atoms with Gasteiger partial charge in [0, 0.05) is 45.8 Å². The van der Waals surface area contributed by atoms with Crippen LogP contribution in [0.5, 0.6) is 0 Å². The first-order valence-corrected chi connectivity index (χ1v) is 9.71.